The third-order valence-electron chi connectivity index (χ3n) is 2.68. The van der Waals surface area contributed by atoms with Gasteiger partial charge in [0.05, 0.1) is 5.69 Å². The van der Waals surface area contributed by atoms with Gasteiger partial charge < -0.3 is 5.32 Å². The fourth-order valence-corrected chi connectivity index (χ4v) is 2.05. The Morgan fingerprint density at radius 3 is 2.35 bits per heavy atom. The van der Waals surface area contributed by atoms with Crippen molar-refractivity contribution in [1.29, 1.82) is 0 Å². The second-order valence-corrected chi connectivity index (χ2v) is 4.51. The van der Waals surface area contributed by atoms with Crippen molar-refractivity contribution in [3.8, 4) is 5.69 Å². The van der Waals surface area contributed by atoms with E-state index in [9.17, 15) is 13.2 Å². The first-order chi connectivity index (χ1) is 9.34. The molecular weight excluding hydrogens is 289 g/mol. The first-order valence-corrected chi connectivity index (χ1v) is 6.33. The molecule has 0 atom stereocenters. The number of hydrogen-bond acceptors (Lipinski definition) is 3. The van der Waals surface area contributed by atoms with E-state index in [1.807, 2.05) is 6.92 Å². The van der Waals surface area contributed by atoms with Crippen LogP contribution in [0.2, 0.25) is 0 Å². The molecule has 0 amide bonds. The molecule has 0 aliphatic carbocycles. The quantitative estimate of drug-likeness (QED) is 0.883. The summed E-state index contributed by atoms with van der Waals surface area (Å²) in [6.45, 7) is 2.67. The summed E-state index contributed by atoms with van der Waals surface area (Å²) in [5.74, 6) is -1.03. The van der Waals surface area contributed by atoms with Crippen molar-refractivity contribution in [2.24, 2.45) is 7.05 Å². The van der Waals surface area contributed by atoms with E-state index in [1.165, 1.54) is 7.05 Å². The van der Waals surface area contributed by atoms with Gasteiger partial charge in [-0.1, -0.05) is 0 Å². The average Bonchev–Trinajstić information content (AvgIpc) is 2.68. The Balaban J connectivity index is 2.54. The maximum Gasteiger partial charge on any atom is 0.452 e. The number of benzene rings is 1. The number of rotatable bonds is 3. The third-order valence-corrected chi connectivity index (χ3v) is 3.13. The Morgan fingerprint density at radius 2 is 1.85 bits per heavy atom. The number of hydrogen-bond donors (Lipinski definition) is 1. The average molecular weight is 302 g/mol. The van der Waals surface area contributed by atoms with Crippen LogP contribution < -0.4 is 5.32 Å². The monoisotopic (exact) mass is 302 g/mol. The van der Waals surface area contributed by atoms with Crippen molar-refractivity contribution in [3.63, 3.8) is 0 Å². The molecule has 1 heterocycles. The van der Waals surface area contributed by atoms with Gasteiger partial charge in [0, 0.05) is 19.3 Å². The minimum atomic E-state index is -4.56. The minimum absolute atomic E-state index is 0.00599. The summed E-state index contributed by atoms with van der Waals surface area (Å²) < 4.78 is 40.9. The smallest absolute Gasteiger partial charge is 0.385 e. The Hall–Kier alpha value is -1.83. The largest absolute Gasteiger partial charge is 0.452 e. The molecule has 0 aliphatic rings. The molecule has 0 saturated heterocycles. The van der Waals surface area contributed by atoms with Crippen LogP contribution in [0.3, 0.4) is 0 Å². The summed E-state index contributed by atoms with van der Waals surface area (Å²) in [5, 5.41) is 6.52. The summed E-state index contributed by atoms with van der Waals surface area (Å²) in [6, 6.07) is 6.55. The summed E-state index contributed by atoms with van der Waals surface area (Å²) in [6.07, 6.45) is -4.56. The number of alkyl halides is 3. The van der Waals surface area contributed by atoms with Crippen LogP contribution in [0.5, 0.6) is 0 Å². The second-order valence-electron chi connectivity index (χ2n) is 4.14. The molecule has 0 aliphatic heterocycles. The molecule has 1 aromatic carbocycles. The summed E-state index contributed by atoms with van der Waals surface area (Å²) in [5.41, 5.74) is 1.16. The molecule has 0 bridgehead atoms. The zero-order valence-corrected chi connectivity index (χ0v) is 11.7. The highest BCUT2D eigenvalue weighted by Crippen LogP contribution is 2.30. The van der Waals surface area contributed by atoms with Crippen molar-refractivity contribution in [3.05, 3.63) is 34.9 Å². The molecule has 0 radical (unpaired) electrons. The van der Waals surface area contributed by atoms with Crippen LogP contribution in [0.1, 0.15) is 12.7 Å². The molecule has 1 aromatic heterocycles. The summed E-state index contributed by atoms with van der Waals surface area (Å²) in [4.78, 5) is 0. The van der Waals surface area contributed by atoms with E-state index in [1.54, 1.807) is 24.3 Å². The first kappa shape index (κ1) is 14.6. The van der Waals surface area contributed by atoms with Crippen LogP contribution in [0.15, 0.2) is 24.3 Å². The summed E-state index contributed by atoms with van der Waals surface area (Å²) >= 11 is 5.00. The molecule has 2 aromatic rings. The van der Waals surface area contributed by atoms with Gasteiger partial charge in [-0.2, -0.15) is 13.2 Å². The van der Waals surface area contributed by atoms with E-state index >= 15 is 0 Å². The highest BCUT2D eigenvalue weighted by Gasteiger charge is 2.38. The first-order valence-electron chi connectivity index (χ1n) is 5.92. The predicted octanol–water partition coefficient (Wildman–Crippen LogP) is 3.39. The SMILES string of the molecule is CCNc1ccc(-n2c(C(F)(F)F)nn(C)c2=S)cc1. The molecule has 0 fully saturated rings. The van der Waals surface area contributed by atoms with Crippen molar-refractivity contribution in [2.75, 3.05) is 11.9 Å². The number of nitrogens with one attached hydrogen (secondary N) is 1. The Morgan fingerprint density at radius 1 is 1.25 bits per heavy atom. The topological polar surface area (TPSA) is 34.8 Å². The third kappa shape index (κ3) is 2.69. The number of halogens is 3. The molecule has 0 spiro atoms. The van der Waals surface area contributed by atoms with Gasteiger partial charge in [0.1, 0.15) is 0 Å². The standard InChI is InChI=1S/C12H13F3N4S/c1-3-16-8-4-6-9(7-5-8)19-10(12(13,14)15)17-18(2)11(19)20/h4-7,16H,3H2,1-2H3. The summed E-state index contributed by atoms with van der Waals surface area (Å²) in [7, 11) is 1.39. The highest BCUT2D eigenvalue weighted by molar-refractivity contribution is 7.71. The molecule has 20 heavy (non-hydrogen) atoms. The molecule has 0 unspecified atom stereocenters. The lowest BCUT2D eigenvalue weighted by Crippen LogP contribution is -2.14. The van der Waals surface area contributed by atoms with E-state index in [-0.39, 0.29) is 4.77 Å². The van der Waals surface area contributed by atoms with Gasteiger partial charge >= 0.3 is 6.18 Å². The lowest BCUT2D eigenvalue weighted by Gasteiger charge is -2.10. The van der Waals surface area contributed by atoms with E-state index in [0.717, 1.165) is 21.5 Å². The second kappa shape index (κ2) is 5.28. The maximum absolute atomic E-state index is 13.0. The van der Waals surface area contributed by atoms with Crippen LogP contribution in [0.25, 0.3) is 5.69 Å². The van der Waals surface area contributed by atoms with Crippen molar-refractivity contribution >= 4 is 17.9 Å². The number of aromatic nitrogens is 3. The minimum Gasteiger partial charge on any atom is -0.385 e. The van der Waals surface area contributed by atoms with E-state index in [2.05, 4.69) is 10.4 Å². The van der Waals surface area contributed by atoms with E-state index in [0.29, 0.717) is 5.69 Å². The van der Waals surface area contributed by atoms with Gasteiger partial charge in [0.25, 0.3) is 0 Å². The predicted molar refractivity (Wildman–Crippen MR) is 72.5 cm³/mol. The van der Waals surface area contributed by atoms with E-state index < -0.39 is 12.0 Å². The van der Waals surface area contributed by atoms with Crippen LogP contribution in [-0.2, 0) is 13.2 Å². The van der Waals surface area contributed by atoms with Gasteiger partial charge in [-0.15, -0.1) is 5.10 Å². The Bertz CT molecular complexity index is 655. The number of anilines is 1. The normalized spacial score (nSPS) is 11.7. The van der Waals surface area contributed by atoms with Crippen LogP contribution in [0, 0.1) is 4.77 Å². The zero-order valence-electron chi connectivity index (χ0n) is 10.9. The number of nitrogens with zero attached hydrogens (tertiary/aromatic N) is 3. The van der Waals surface area contributed by atoms with Crippen LogP contribution in [-0.4, -0.2) is 20.9 Å². The molecule has 0 saturated carbocycles. The van der Waals surface area contributed by atoms with Crippen molar-refractivity contribution in [1.82, 2.24) is 14.3 Å². The van der Waals surface area contributed by atoms with Crippen LogP contribution in [0.4, 0.5) is 18.9 Å². The fourth-order valence-electron chi connectivity index (χ4n) is 1.81. The highest BCUT2D eigenvalue weighted by atomic mass is 32.1. The number of aryl methyl sites for hydroxylation is 1. The Kier molecular flexibility index (Phi) is 3.85. The fraction of sp³-hybridized carbons (Fsp3) is 0.333. The zero-order chi connectivity index (χ0) is 14.9. The van der Waals surface area contributed by atoms with Gasteiger partial charge in [-0.05, 0) is 43.4 Å². The molecule has 1 N–H and O–H groups in total. The van der Waals surface area contributed by atoms with Gasteiger partial charge in [0.15, 0.2) is 0 Å². The lowest BCUT2D eigenvalue weighted by atomic mass is 10.2. The molecule has 8 heteroatoms. The van der Waals surface area contributed by atoms with Crippen molar-refractivity contribution in [2.45, 2.75) is 13.1 Å². The lowest BCUT2D eigenvalue weighted by molar-refractivity contribution is -0.146. The van der Waals surface area contributed by atoms with E-state index in [4.69, 9.17) is 12.2 Å². The van der Waals surface area contributed by atoms with Gasteiger partial charge in [-0.3, -0.25) is 4.57 Å². The van der Waals surface area contributed by atoms with Crippen LogP contribution >= 0.6 is 12.2 Å². The molecule has 4 nitrogen and oxygen atoms in total. The Labute approximate surface area is 118 Å². The maximum atomic E-state index is 13.0. The van der Waals surface area contributed by atoms with Gasteiger partial charge in [0.2, 0.25) is 10.6 Å². The van der Waals surface area contributed by atoms with Gasteiger partial charge in [-0.25, -0.2) is 4.68 Å². The molecule has 2 rings (SSSR count). The van der Waals surface area contributed by atoms with Crippen molar-refractivity contribution < 1.29 is 13.2 Å². The molecule has 108 valence electrons. The molecular formula is C12H13F3N4S.